The normalized spacial score (nSPS) is 9.75. The van der Waals surface area contributed by atoms with Crippen LogP contribution in [0.5, 0.6) is 0 Å². The molecule has 0 radical (unpaired) electrons. The zero-order chi connectivity index (χ0) is 7.21. The van der Waals surface area contributed by atoms with Crippen LogP contribution in [0.4, 0.5) is 0 Å². The molecule has 8 heavy (non-hydrogen) atoms. The molecule has 0 saturated carbocycles. The van der Waals surface area contributed by atoms with E-state index in [4.69, 9.17) is 10.9 Å². The van der Waals surface area contributed by atoms with E-state index >= 15 is 0 Å². The number of hydrogen-bond acceptors (Lipinski definition) is 2. The molecule has 52 valence electrons. The standard InChI is InChI=1S/C3H10NO.C2H7N/c1-4(2,3)5;1-2-3/h5H,1-3H3;2-3H2,1H3/q+1;. The van der Waals surface area contributed by atoms with Crippen molar-refractivity contribution in [3.63, 3.8) is 0 Å². The van der Waals surface area contributed by atoms with Gasteiger partial charge in [-0.15, -0.1) is 0 Å². The van der Waals surface area contributed by atoms with Crippen molar-refractivity contribution in [2.75, 3.05) is 27.7 Å². The fourth-order valence-electron chi connectivity index (χ4n) is 0. The van der Waals surface area contributed by atoms with Gasteiger partial charge in [0.1, 0.15) is 0 Å². The monoisotopic (exact) mass is 121 g/mol. The molecule has 0 atom stereocenters. The smallest absolute Gasteiger partial charge is 0.0979 e. The lowest BCUT2D eigenvalue weighted by Gasteiger charge is -2.09. The van der Waals surface area contributed by atoms with E-state index in [0.717, 1.165) is 6.54 Å². The molecule has 0 spiro atoms. The Morgan fingerprint density at radius 2 is 1.38 bits per heavy atom. The highest BCUT2D eigenvalue weighted by molar-refractivity contribution is 4.00. The lowest BCUT2D eigenvalue weighted by molar-refractivity contribution is -1.06. The van der Waals surface area contributed by atoms with Crippen LogP contribution < -0.4 is 5.73 Å². The van der Waals surface area contributed by atoms with Crippen LogP contribution in [0.3, 0.4) is 0 Å². The number of rotatable bonds is 0. The molecular formula is C5H17N2O+. The summed E-state index contributed by atoms with van der Waals surface area (Å²) in [4.78, 5) is 0. The summed E-state index contributed by atoms with van der Waals surface area (Å²) < 4.78 is 0. The summed E-state index contributed by atoms with van der Waals surface area (Å²) in [6.45, 7) is 2.65. The highest BCUT2D eigenvalue weighted by Gasteiger charge is 1.92. The van der Waals surface area contributed by atoms with Crippen LogP contribution in [0, 0.1) is 0 Å². The maximum Gasteiger partial charge on any atom is 0.0979 e. The van der Waals surface area contributed by atoms with Gasteiger partial charge in [0.25, 0.3) is 0 Å². The third-order valence-electron chi connectivity index (χ3n) is 0. The van der Waals surface area contributed by atoms with Gasteiger partial charge in [-0.2, -0.15) is 4.65 Å². The highest BCUT2D eigenvalue weighted by Crippen LogP contribution is 1.72. The van der Waals surface area contributed by atoms with E-state index in [0.29, 0.717) is 0 Å². The van der Waals surface area contributed by atoms with Crippen molar-refractivity contribution in [1.82, 2.24) is 0 Å². The molecule has 0 aromatic heterocycles. The molecule has 0 aliphatic carbocycles. The number of nitrogens with zero attached hydrogens (tertiary/aromatic N) is 1. The summed E-state index contributed by atoms with van der Waals surface area (Å²) in [6.07, 6.45) is 0. The van der Waals surface area contributed by atoms with E-state index in [1.807, 2.05) is 6.92 Å². The molecule has 0 aromatic carbocycles. The van der Waals surface area contributed by atoms with Crippen molar-refractivity contribution >= 4 is 0 Å². The number of quaternary nitrogens is 1. The van der Waals surface area contributed by atoms with Crippen LogP contribution in [0.2, 0.25) is 0 Å². The van der Waals surface area contributed by atoms with Gasteiger partial charge in [0.05, 0.1) is 21.1 Å². The van der Waals surface area contributed by atoms with E-state index in [-0.39, 0.29) is 4.65 Å². The minimum atomic E-state index is 0. The van der Waals surface area contributed by atoms with Crippen molar-refractivity contribution in [2.45, 2.75) is 6.92 Å². The molecule has 0 aliphatic heterocycles. The molecule has 0 amide bonds. The second-order valence-corrected chi connectivity index (χ2v) is 2.35. The molecule has 0 aromatic rings. The number of nitrogens with two attached hydrogens (primary N) is 1. The predicted octanol–water partition coefficient (Wildman–Crippen LogP) is 0.0468. The molecule has 0 unspecified atom stereocenters. The Kier molecular flexibility index (Phi) is 6.78. The summed E-state index contributed by atoms with van der Waals surface area (Å²) in [5.74, 6) is 0. The van der Waals surface area contributed by atoms with Crippen molar-refractivity contribution in [3.05, 3.63) is 0 Å². The summed E-state index contributed by atoms with van der Waals surface area (Å²) in [5.41, 5.74) is 4.85. The van der Waals surface area contributed by atoms with Gasteiger partial charge in [-0.05, 0) is 6.54 Å². The Hall–Kier alpha value is -0.120. The summed E-state index contributed by atoms with van der Waals surface area (Å²) in [6, 6.07) is 0. The van der Waals surface area contributed by atoms with Gasteiger partial charge in [0.15, 0.2) is 0 Å². The minimum Gasteiger partial charge on any atom is -0.331 e. The lowest BCUT2D eigenvalue weighted by atomic mass is 10.8. The van der Waals surface area contributed by atoms with Gasteiger partial charge < -0.3 is 5.73 Å². The van der Waals surface area contributed by atoms with Crippen molar-refractivity contribution in [3.8, 4) is 0 Å². The molecule has 0 aliphatic rings. The zero-order valence-corrected chi connectivity index (χ0v) is 6.18. The quantitative estimate of drug-likeness (QED) is 0.351. The van der Waals surface area contributed by atoms with E-state index in [1.54, 1.807) is 21.1 Å². The Labute approximate surface area is 51.3 Å². The molecule has 0 fully saturated rings. The third kappa shape index (κ3) is 9720. The summed E-state index contributed by atoms with van der Waals surface area (Å²) in [7, 11) is 5.04. The van der Waals surface area contributed by atoms with Crippen molar-refractivity contribution in [1.29, 1.82) is 0 Å². The van der Waals surface area contributed by atoms with E-state index in [9.17, 15) is 0 Å². The van der Waals surface area contributed by atoms with Crippen molar-refractivity contribution < 1.29 is 9.85 Å². The Morgan fingerprint density at radius 3 is 1.38 bits per heavy atom. The predicted molar refractivity (Wildman–Crippen MR) is 34.5 cm³/mol. The van der Waals surface area contributed by atoms with Crippen LogP contribution in [0.25, 0.3) is 0 Å². The fraction of sp³-hybridized carbons (Fsp3) is 1.00. The first kappa shape index (κ1) is 10.8. The van der Waals surface area contributed by atoms with E-state index in [2.05, 4.69) is 0 Å². The molecular weight excluding hydrogens is 104 g/mol. The maximum absolute atomic E-state index is 8.46. The fourth-order valence-corrected chi connectivity index (χ4v) is 0. The van der Waals surface area contributed by atoms with Gasteiger partial charge in [-0.1, -0.05) is 6.92 Å². The van der Waals surface area contributed by atoms with Gasteiger partial charge >= 0.3 is 0 Å². The molecule has 0 bridgehead atoms. The van der Waals surface area contributed by atoms with Gasteiger partial charge in [-0.3, -0.25) is 0 Å². The average molecular weight is 121 g/mol. The van der Waals surface area contributed by atoms with E-state index in [1.165, 1.54) is 0 Å². The van der Waals surface area contributed by atoms with Crippen LogP contribution >= 0.6 is 0 Å². The van der Waals surface area contributed by atoms with Gasteiger partial charge in [-0.25, -0.2) is 5.21 Å². The van der Waals surface area contributed by atoms with E-state index < -0.39 is 0 Å². The third-order valence-corrected chi connectivity index (χ3v) is 0. The first-order chi connectivity index (χ1) is 3.41. The van der Waals surface area contributed by atoms with Crippen molar-refractivity contribution in [2.24, 2.45) is 5.73 Å². The van der Waals surface area contributed by atoms with Crippen LogP contribution in [-0.4, -0.2) is 37.5 Å². The Balaban J connectivity index is 0. The second kappa shape index (κ2) is 5.03. The lowest BCUT2D eigenvalue weighted by Crippen LogP contribution is -2.28. The van der Waals surface area contributed by atoms with Gasteiger partial charge in [0.2, 0.25) is 0 Å². The topological polar surface area (TPSA) is 46.2 Å². The number of hydrogen-bond donors (Lipinski definition) is 2. The summed E-state index contributed by atoms with van der Waals surface area (Å²) in [5, 5.41) is 8.46. The average Bonchev–Trinajstić information content (AvgIpc) is 1.27. The largest absolute Gasteiger partial charge is 0.331 e. The molecule has 3 N–H and O–H groups in total. The highest BCUT2D eigenvalue weighted by atomic mass is 16.5. The molecule has 3 heteroatoms. The van der Waals surface area contributed by atoms with Gasteiger partial charge in [0, 0.05) is 0 Å². The maximum atomic E-state index is 8.46. The first-order valence-electron chi connectivity index (χ1n) is 2.66. The SMILES string of the molecule is CCN.C[N+](C)(C)O. The van der Waals surface area contributed by atoms with Crippen LogP contribution in [-0.2, 0) is 0 Å². The number of hydroxylamine groups is 3. The molecule has 0 heterocycles. The van der Waals surface area contributed by atoms with Crippen LogP contribution in [0.1, 0.15) is 6.92 Å². The summed E-state index contributed by atoms with van der Waals surface area (Å²) >= 11 is 0. The Morgan fingerprint density at radius 1 is 1.38 bits per heavy atom. The molecule has 0 saturated heterocycles. The molecule has 0 rings (SSSR count). The second-order valence-electron chi connectivity index (χ2n) is 2.35. The zero-order valence-electron chi connectivity index (χ0n) is 6.18. The first-order valence-corrected chi connectivity index (χ1v) is 2.66. The minimum absolute atomic E-state index is 0. The Bertz CT molecular complexity index is 34.2. The van der Waals surface area contributed by atoms with Crippen LogP contribution in [0.15, 0.2) is 0 Å². The molecule has 3 nitrogen and oxygen atoms in total.